The van der Waals surface area contributed by atoms with Crippen molar-refractivity contribution in [3.63, 3.8) is 0 Å². The van der Waals surface area contributed by atoms with E-state index in [4.69, 9.17) is 0 Å². The van der Waals surface area contributed by atoms with Crippen LogP contribution in [0.3, 0.4) is 0 Å². The van der Waals surface area contributed by atoms with Crippen molar-refractivity contribution in [3.05, 3.63) is 82.9 Å². The molecule has 0 bridgehead atoms. The van der Waals surface area contributed by atoms with Crippen molar-refractivity contribution in [3.8, 4) is 5.75 Å². The fourth-order valence-electron chi connectivity index (χ4n) is 2.99. The van der Waals surface area contributed by atoms with E-state index < -0.39 is 22.4 Å². The molecule has 0 aliphatic heterocycles. The molecular formula is C23H20F3NO5S2. The predicted molar refractivity (Wildman–Crippen MR) is 123 cm³/mol. The van der Waals surface area contributed by atoms with Crippen molar-refractivity contribution < 1.29 is 36.2 Å². The van der Waals surface area contributed by atoms with Crippen LogP contribution in [0, 0.1) is 13.8 Å². The molecule has 180 valence electrons. The number of rotatable bonds is 8. The number of benzene rings is 3. The van der Waals surface area contributed by atoms with Crippen LogP contribution < -0.4 is 9.46 Å². The number of thioether (sulfide) groups is 1. The first-order valence-electron chi connectivity index (χ1n) is 9.79. The zero-order valence-electron chi connectivity index (χ0n) is 18.0. The number of hydrogen-bond acceptors (Lipinski definition) is 5. The smallest absolute Gasteiger partial charge is 0.478 e. The summed E-state index contributed by atoms with van der Waals surface area (Å²) in [4.78, 5) is 12.1. The van der Waals surface area contributed by atoms with Gasteiger partial charge in [-0.1, -0.05) is 12.1 Å². The van der Waals surface area contributed by atoms with Crippen LogP contribution >= 0.6 is 11.8 Å². The monoisotopic (exact) mass is 511 g/mol. The molecule has 11 heteroatoms. The van der Waals surface area contributed by atoms with Crippen molar-refractivity contribution in [2.24, 2.45) is 0 Å². The lowest BCUT2D eigenvalue weighted by Gasteiger charge is -2.12. The quantitative estimate of drug-likeness (QED) is 0.361. The molecular weight excluding hydrogens is 491 g/mol. The van der Waals surface area contributed by atoms with Gasteiger partial charge in [0, 0.05) is 16.3 Å². The van der Waals surface area contributed by atoms with E-state index in [-0.39, 0.29) is 16.2 Å². The lowest BCUT2D eigenvalue weighted by atomic mass is 10.0. The molecule has 6 nitrogen and oxygen atoms in total. The minimum Gasteiger partial charge on any atom is -0.478 e. The summed E-state index contributed by atoms with van der Waals surface area (Å²) in [6.07, 6.45) is -4.74. The van der Waals surface area contributed by atoms with Gasteiger partial charge >= 0.3 is 12.3 Å². The third kappa shape index (κ3) is 6.67. The number of aromatic carboxylic acids is 1. The Morgan fingerprint density at radius 1 is 1.03 bits per heavy atom. The Labute approximate surface area is 198 Å². The van der Waals surface area contributed by atoms with Gasteiger partial charge in [-0.05, 0) is 79.1 Å². The molecule has 0 aliphatic carbocycles. The minimum absolute atomic E-state index is 0.0786. The molecule has 0 saturated carbocycles. The lowest BCUT2D eigenvalue weighted by Crippen LogP contribution is -2.16. The number of anilines is 1. The van der Waals surface area contributed by atoms with Gasteiger partial charge in [-0.2, -0.15) is 0 Å². The Morgan fingerprint density at radius 2 is 1.65 bits per heavy atom. The largest absolute Gasteiger partial charge is 0.573 e. The first-order valence-corrected chi connectivity index (χ1v) is 12.3. The number of alkyl halides is 3. The van der Waals surface area contributed by atoms with Crippen molar-refractivity contribution in [1.29, 1.82) is 0 Å². The van der Waals surface area contributed by atoms with Crippen molar-refractivity contribution in [2.75, 3.05) is 4.72 Å². The Balaban J connectivity index is 1.65. The highest BCUT2D eigenvalue weighted by atomic mass is 32.2. The normalized spacial score (nSPS) is 11.8. The van der Waals surface area contributed by atoms with Gasteiger partial charge in [-0.15, -0.1) is 24.9 Å². The molecule has 0 spiro atoms. The third-order valence-electron chi connectivity index (χ3n) is 4.85. The molecule has 0 aliphatic rings. The maximum Gasteiger partial charge on any atom is 0.573 e. The molecule has 0 saturated heterocycles. The zero-order valence-corrected chi connectivity index (χ0v) is 19.6. The standard InChI is InChI=1S/C23H20F3NO5S2/c1-14-11-20(12-21(15(14)2)22(28)29)34(30,31)27-17-5-9-19(10-6-17)33-13-16-3-7-18(8-4-16)32-23(24,25)26/h3-12,27H,13H2,1-2H3,(H,28,29). The Morgan fingerprint density at radius 3 is 2.21 bits per heavy atom. The Bertz CT molecular complexity index is 1290. The number of carbonyl (C=O) groups is 1. The number of sulfonamides is 1. The molecule has 0 radical (unpaired) electrons. The molecule has 0 atom stereocenters. The summed E-state index contributed by atoms with van der Waals surface area (Å²) in [5, 5.41) is 9.32. The minimum atomic E-state index is -4.74. The molecule has 0 amide bonds. The highest BCUT2D eigenvalue weighted by Gasteiger charge is 2.30. The summed E-state index contributed by atoms with van der Waals surface area (Å²) in [7, 11) is -4.01. The van der Waals surface area contributed by atoms with Gasteiger partial charge in [0.25, 0.3) is 10.0 Å². The highest BCUT2D eigenvalue weighted by molar-refractivity contribution is 7.98. The fourth-order valence-corrected chi connectivity index (χ4v) is 5.01. The van der Waals surface area contributed by atoms with Crippen LogP contribution in [0.15, 0.2) is 70.5 Å². The van der Waals surface area contributed by atoms with E-state index in [2.05, 4.69) is 9.46 Å². The second-order valence-electron chi connectivity index (χ2n) is 7.33. The van der Waals surface area contributed by atoms with Crippen LogP contribution in [-0.4, -0.2) is 25.9 Å². The van der Waals surface area contributed by atoms with Crippen LogP contribution in [0.5, 0.6) is 5.75 Å². The second kappa shape index (κ2) is 9.98. The maximum absolute atomic E-state index is 12.8. The highest BCUT2D eigenvalue weighted by Crippen LogP contribution is 2.28. The fraction of sp³-hybridized carbons (Fsp3) is 0.174. The molecule has 0 aromatic heterocycles. The second-order valence-corrected chi connectivity index (χ2v) is 10.1. The number of halogens is 3. The van der Waals surface area contributed by atoms with Gasteiger partial charge < -0.3 is 9.84 Å². The third-order valence-corrected chi connectivity index (χ3v) is 7.29. The van der Waals surface area contributed by atoms with E-state index in [0.29, 0.717) is 22.6 Å². The van der Waals surface area contributed by atoms with Crippen molar-refractivity contribution in [1.82, 2.24) is 0 Å². The maximum atomic E-state index is 12.8. The predicted octanol–water partition coefficient (Wildman–Crippen LogP) is 5.99. The van der Waals surface area contributed by atoms with Crippen LogP contribution in [0.4, 0.5) is 18.9 Å². The summed E-state index contributed by atoms with van der Waals surface area (Å²) in [6.45, 7) is 3.26. The summed E-state index contributed by atoms with van der Waals surface area (Å²) >= 11 is 1.42. The van der Waals surface area contributed by atoms with Crippen LogP contribution in [0.1, 0.15) is 27.0 Å². The molecule has 3 aromatic rings. The molecule has 0 unspecified atom stereocenters. The number of carboxylic acids is 1. The van der Waals surface area contributed by atoms with Crippen molar-refractivity contribution in [2.45, 2.75) is 35.8 Å². The van der Waals surface area contributed by atoms with Gasteiger partial charge in [-0.3, -0.25) is 4.72 Å². The summed E-state index contributed by atoms with van der Waals surface area (Å²) in [5.74, 6) is -1.02. The average Bonchev–Trinajstić information content (AvgIpc) is 2.74. The summed E-state index contributed by atoms with van der Waals surface area (Å²) in [6, 6.07) is 14.6. The van der Waals surface area contributed by atoms with Gasteiger partial charge in [0.2, 0.25) is 0 Å². The number of hydrogen-bond donors (Lipinski definition) is 2. The number of ether oxygens (including phenoxy) is 1. The molecule has 0 heterocycles. The summed E-state index contributed by atoms with van der Waals surface area (Å²) in [5.41, 5.74) is 2.05. The van der Waals surface area contributed by atoms with Gasteiger partial charge in [0.15, 0.2) is 0 Å². The SMILES string of the molecule is Cc1cc(S(=O)(=O)Nc2ccc(SCc3ccc(OC(F)(F)F)cc3)cc2)cc(C(=O)O)c1C. The number of nitrogens with one attached hydrogen (secondary N) is 1. The van der Waals surface area contributed by atoms with Crippen LogP contribution in [0.2, 0.25) is 0 Å². The van der Waals surface area contributed by atoms with E-state index in [1.54, 1.807) is 38.1 Å². The van der Waals surface area contributed by atoms with Crippen molar-refractivity contribution >= 4 is 33.4 Å². The Hall–Kier alpha value is -3.18. The topological polar surface area (TPSA) is 92.7 Å². The molecule has 2 N–H and O–H groups in total. The molecule has 3 aromatic carbocycles. The van der Waals surface area contributed by atoms with Gasteiger partial charge in [0.05, 0.1) is 10.5 Å². The van der Waals surface area contributed by atoms with E-state index in [9.17, 15) is 31.5 Å². The number of aryl methyl sites for hydroxylation is 1. The average molecular weight is 512 g/mol. The first-order chi connectivity index (χ1) is 15.8. The Kier molecular flexibility index (Phi) is 7.47. The van der Waals surface area contributed by atoms with E-state index in [1.165, 1.54) is 42.1 Å². The molecule has 3 rings (SSSR count). The van der Waals surface area contributed by atoms with E-state index in [0.717, 1.165) is 16.5 Å². The van der Waals surface area contributed by atoms with E-state index >= 15 is 0 Å². The van der Waals surface area contributed by atoms with Crippen LogP contribution in [0.25, 0.3) is 0 Å². The van der Waals surface area contributed by atoms with Crippen LogP contribution in [-0.2, 0) is 15.8 Å². The number of carboxylic acid groups (broad SMARTS) is 1. The zero-order chi connectivity index (χ0) is 25.1. The van der Waals surface area contributed by atoms with Gasteiger partial charge in [0.1, 0.15) is 5.75 Å². The molecule has 0 fully saturated rings. The van der Waals surface area contributed by atoms with Gasteiger partial charge in [-0.25, -0.2) is 13.2 Å². The summed E-state index contributed by atoms with van der Waals surface area (Å²) < 4.78 is 68.5. The lowest BCUT2D eigenvalue weighted by molar-refractivity contribution is -0.274. The van der Waals surface area contributed by atoms with E-state index in [1.807, 2.05) is 0 Å². The first kappa shape index (κ1) is 25.4. The molecule has 34 heavy (non-hydrogen) atoms.